The molecule has 0 radical (unpaired) electrons. The van der Waals surface area contributed by atoms with Gasteiger partial charge in [-0.25, -0.2) is 4.98 Å². The average Bonchev–Trinajstić information content (AvgIpc) is 3.20. The fourth-order valence-electron chi connectivity index (χ4n) is 3.54. The monoisotopic (exact) mass is 449 g/mol. The topological polar surface area (TPSA) is 89.8 Å². The number of thiophene rings is 1. The summed E-state index contributed by atoms with van der Waals surface area (Å²) in [5.41, 5.74) is 3.11. The number of pyridine rings is 1. The van der Waals surface area contributed by atoms with Crippen LogP contribution in [-0.4, -0.2) is 27.9 Å². The maximum absolute atomic E-state index is 13.1. The predicted octanol–water partition coefficient (Wildman–Crippen LogP) is 3.95. The number of aryl methyl sites for hydroxylation is 2. The van der Waals surface area contributed by atoms with Crippen molar-refractivity contribution in [2.45, 2.75) is 33.2 Å². The molecule has 0 aliphatic rings. The second-order valence-electron chi connectivity index (χ2n) is 7.58. The van der Waals surface area contributed by atoms with E-state index in [1.807, 2.05) is 44.2 Å². The zero-order valence-electron chi connectivity index (χ0n) is 18.0. The van der Waals surface area contributed by atoms with E-state index in [1.54, 1.807) is 25.3 Å². The minimum absolute atomic E-state index is 0.0114. The molecular weight excluding hydrogens is 426 g/mol. The van der Waals surface area contributed by atoms with Gasteiger partial charge in [-0.15, -0.1) is 11.3 Å². The molecule has 1 N–H and O–H groups in total. The molecular formula is C24H23N3O4S. The Morgan fingerprint density at radius 1 is 1.19 bits per heavy atom. The summed E-state index contributed by atoms with van der Waals surface area (Å²) in [6.07, 6.45) is 1.68. The van der Waals surface area contributed by atoms with Crippen LogP contribution in [0.2, 0.25) is 0 Å². The molecule has 1 amide bonds. The van der Waals surface area contributed by atoms with Gasteiger partial charge in [0, 0.05) is 6.20 Å². The number of carbonyl (C=O) groups is 2. The number of hydrogen-bond donors (Lipinski definition) is 1. The highest BCUT2D eigenvalue weighted by Crippen LogP contribution is 2.25. The molecule has 32 heavy (non-hydrogen) atoms. The number of carbonyl (C=O) groups excluding carboxylic acids is 2. The van der Waals surface area contributed by atoms with Crippen LogP contribution in [0, 0.1) is 13.8 Å². The van der Waals surface area contributed by atoms with Crippen LogP contribution in [0.5, 0.6) is 0 Å². The summed E-state index contributed by atoms with van der Waals surface area (Å²) >= 11 is 1.16. The third-order valence-electron chi connectivity index (χ3n) is 5.22. The first-order valence-corrected chi connectivity index (χ1v) is 11.1. The number of nitrogens with one attached hydrogen (secondary N) is 1. The molecule has 0 saturated heterocycles. The van der Waals surface area contributed by atoms with Crippen LogP contribution >= 0.6 is 11.3 Å². The van der Waals surface area contributed by atoms with Crippen LogP contribution in [-0.2, 0) is 9.53 Å². The number of rotatable bonds is 6. The molecule has 1 atom stereocenters. The lowest BCUT2D eigenvalue weighted by atomic mass is 10.0. The summed E-state index contributed by atoms with van der Waals surface area (Å²) in [6.45, 7) is 5.87. The molecule has 0 saturated carbocycles. The fraction of sp³-hybridized carbons (Fsp3) is 0.250. The summed E-state index contributed by atoms with van der Waals surface area (Å²) in [6, 6.07) is 12.3. The molecule has 3 heterocycles. The minimum Gasteiger partial charge on any atom is -0.466 e. The molecule has 0 aliphatic heterocycles. The van der Waals surface area contributed by atoms with E-state index < -0.39 is 12.0 Å². The maximum atomic E-state index is 13.1. The van der Waals surface area contributed by atoms with Crippen molar-refractivity contribution < 1.29 is 14.3 Å². The summed E-state index contributed by atoms with van der Waals surface area (Å²) in [4.78, 5) is 43.6. The van der Waals surface area contributed by atoms with Gasteiger partial charge < -0.3 is 10.1 Å². The van der Waals surface area contributed by atoms with Gasteiger partial charge in [-0.1, -0.05) is 35.9 Å². The largest absolute Gasteiger partial charge is 0.466 e. The Hall–Kier alpha value is -3.52. The van der Waals surface area contributed by atoms with Gasteiger partial charge in [0.05, 0.1) is 29.3 Å². The first-order chi connectivity index (χ1) is 15.4. The van der Waals surface area contributed by atoms with E-state index in [-0.39, 0.29) is 24.5 Å². The highest BCUT2D eigenvalue weighted by atomic mass is 32.1. The molecule has 4 aromatic rings. The Bertz CT molecular complexity index is 1370. The highest BCUT2D eigenvalue weighted by molar-refractivity contribution is 7.20. The molecule has 0 fully saturated rings. The van der Waals surface area contributed by atoms with Gasteiger partial charge in [0.2, 0.25) is 0 Å². The van der Waals surface area contributed by atoms with Gasteiger partial charge >= 0.3 is 5.97 Å². The van der Waals surface area contributed by atoms with Crippen LogP contribution in [0.1, 0.15) is 45.7 Å². The summed E-state index contributed by atoms with van der Waals surface area (Å²) < 4.78 is 6.57. The van der Waals surface area contributed by atoms with Gasteiger partial charge in [-0.3, -0.25) is 18.8 Å². The number of esters is 1. The number of nitrogens with zero attached hydrogens (tertiary/aromatic N) is 2. The normalized spacial score (nSPS) is 12.1. The first-order valence-electron chi connectivity index (χ1n) is 10.3. The van der Waals surface area contributed by atoms with E-state index in [2.05, 4.69) is 10.3 Å². The lowest BCUT2D eigenvalue weighted by Gasteiger charge is -2.18. The number of benzene rings is 1. The van der Waals surface area contributed by atoms with Crippen LogP contribution in [0.15, 0.2) is 53.5 Å². The van der Waals surface area contributed by atoms with Crippen molar-refractivity contribution in [1.82, 2.24) is 14.7 Å². The lowest BCUT2D eigenvalue weighted by Crippen LogP contribution is -2.30. The third kappa shape index (κ3) is 4.27. The SMILES string of the molecule is CCOC(=O)CC(NC(=O)c1cc2c(=O)n3cccc(C)c3nc2s1)c1ccc(C)cc1. The van der Waals surface area contributed by atoms with Gasteiger partial charge in [0.15, 0.2) is 0 Å². The smallest absolute Gasteiger partial charge is 0.308 e. The van der Waals surface area contributed by atoms with Crippen molar-refractivity contribution in [1.29, 1.82) is 0 Å². The molecule has 4 rings (SSSR count). The number of hydrogen-bond acceptors (Lipinski definition) is 6. The van der Waals surface area contributed by atoms with Gasteiger partial charge in [-0.2, -0.15) is 0 Å². The zero-order chi connectivity index (χ0) is 22.8. The molecule has 0 bridgehead atoms. The number of aromatic nitrogens is 2. The Morgan fingerprint density at radius 2 is 1.94 bits per heavy atom. The number of fused-ring (bicyclic) bond motifs is 2. The van der Waals surface area contributed by atoms with Crippen molar-refractivity contribution in [3.8, 4) is 0 Å². The Balaban J connectivity index is 1.68. The molecule has 164 valence electrons. The van der Waals surface area contributed by atoms with E-state index in [4.69, 9.17) is 4.74 Å². The van der Waals surface area contributed by atoms with Crippen molar-refractivity contribution >= 4 is 39.1 Å². The molecule has 0 spiro atoms. The Kier molecular flexibility index (Phi) is 6.05. The second kappa shape index (κ2) is 8.92. The molecule has 0 aliphatic carbocycles. The van der Waals surface area contributed by atoms with Crippen LogP contribution < -0.4 is 10.9 Å². The fourth-order valence-corrected chi connectivity index (χ4v) is 4.46. The molecule has 1 unspecified atom stereocenters. The molecule has 1 aromatic carbocycles. The summed E-state index contributed by atoms with van der Waals surface area (Å²) in [7, 11) is 0. The van der Waals surface area contributed by atoms with E-state index >= 15 is 0 Å². The van der Waals surface area contributed by atoms with Crippen molar-refractivity contribution in [3.05, 3.63) is 80.6 Å². The zero-order valence-corrected chi connectivity index (χ0v) is 18.9. The molecule has 7 nitrogen and oxygen atoms in total. The van der Waals surface area contributed by atoms with Crippen LogP contribution in [0.3, 0.4) is 0 Å². The minimum atomic E-state index is -0.553. The van der Waals surface area contributed by atoms with E-state index in [0.717, 1.165) is 28.0 Å². The summed E-state index contributed by atoms with van der Waals surface area (Å²) in [5, 5.41) is 3.32. The lowest BCUT2D eigenvalue weighted by molar-refractivity contribution is -0.143. The van der Waals surface area contributed by atoms with Crippen molar-refractivity contribution in [3.63, 3.8) is 0 Å². The van der Waals surface area contributed by atoms with Crippen molar-refractivity contribution in [2.75, 3.05) is 6.61 Å². The Morgan fingerprint density at radius 3 is 2.66 bits per heavy atom. The summed E-state index contributed by atoms with van der Waals surface area (Å²) in [5.74, 6) is -0.760. The van der Waals surface area contributed by atoms with Crippen LogP contribution in [0.25, 0.3) is 15.9 Å². The number of ether oxygens (including phenoxy) is 1. The molecule has 3 aromatic heterocycles. The second-order valence-corrected chi connectivity index (χ2v) is 8.61. The Labute approximate surface area is 188 Å². The number of amides is 1. The predicted molar refractivity (Wildman–Crippen MR) is 124 cm³/mol. The van der Waals surface area contributed by atoms with E-state index in [1.165, 1.54) is 4.40 Å². The maximum Gasteiger partial charge on any atom is 0.308 e. The first kappa shape index (κ1) is 21.7. The van der Waals surface area contributed by atoms with Crippen molar-refractivity contribution in [2.24, 2.45) is 0 Å². The quantitative estimate of drug-likeness (QED) is 0.450. The van der Waals surface area contributed by atoms with E-state index in [0.29, 0.717) is 20.7 Å². The highest BCUT2D eigenvalue weighted by Gasteiger charge is 2.22. The standard InChI is InChI=1S/C24H23N3O4S/c1-4-31-20(28)13-18(16-9-7-14(2)8-10-16)25-22(29)19-12-17-23(32-19)26-21-15(3)6-5-11-27(21)24(17)30/h5-12,18H,4,13H2,1-3H3,(H,25,29). The van der Waals surface area contributed by atoms with E-state index in [9.17, 15) is 14.4 Å². The average molecular weight is 450 g/mol. The third-order valence-corrected chi connectivity index (χ3v) is 6.24. The van der Waals surface area contributed by atoms with Gasteiger partial charge in [0.25, 0.3) is 11.5 Å². The van der Waals surface area contributed by atoms with Crippen LogP contribution in [0.4, 0.5) is 0 Å². The molecule has 8 heteroatoms. The van der Waals surface area contributed by atoms with Gasteiger partial charge in [0.1, 0.15) is 10.5 Å². The van der Waals surface area contributed by atoms with Gasteiger partial charge in [-0.05, 0) is 44.0 Å².